The van der Waals surface area contributed by atoms with Gasteiger partial charge in [-0.2, -0.15) is 18.2 Å². The summed E-state index contributed by atoms with van der Waals surface area (Å²) in [6, 6.07) is 16.8. The molecule has 0 aliphatic rings. The summed E-state index contributed by atoms with van der Waals surface area (Å²) in [5.41, 5.74) is 1.75. The van der Waals surface area contributed by atoms with E-state index >= 15 is 0 Å². The highest BCUT2D eigenvalue weighted by molar-refractivity contribution is 5.97. The summed E-state index contributed by atoms with van der Waals surface area (Å²) in [6.45, 7) is 0.647. The minimum atomic E-state index is -4.71. The molecule has 3 aromatic heterocycles. The van der Waals surface area contributed by atoms with E-state index in [4.69, 9.17) is 13.9 Å². The van der Waals surface area contributed by atoms with Gasteiger partial charge in [0.25, 0.3) is 5.91 Å². The van der Waals surface area contributed by atoms with Crippen molar-refractivity contribution in [2.24, 2.45) is 0 Å². The number of benzene rings is 2. The van der Waals surface area contributed by atoms with Gasteiger partial charge in [-0.15, -0.1) is 0 Å². The highest BCUT2D eigenvalue weighted by Crippen LogP contribution is 2.30. The zero-order valence-corrected chi connectivity index (χ0v) is 19.6. The second kappa shape index (κ2) is 10.6. The summed E-state index contributed by atoms with van der Waals surface area (Å²) in [5, 5.41) is 6.72. The van der Waals surface area contributed by atoms with Crippen molar-refractivity contribution in [3.8, 4) is 22.9 Å². The van der Waals surface area contributed by atoms with E-state index in [1.54, 1.807) is 48.8 Å². The van der Waals surface area contributed by atoms with E-state index in [1.807, 2.05) is 12.1 Å². The predicted molar refractivity (Wildman–Crippen MR) is 127 cm³/mol. The predicted octanol–water partition coefficient (Wildman–Crippen LogP) is 5.28. The van der Waals surface area contributed by atoms with Crippen molar-refractivity contribution in [2.75, 3.05) is 13.2 Å². The Kier molecular flexibility index (Phi) is 6.94. The Bertz CT molecular complexity index is 1530. The van der Waals surface area contributed by atoms with Crippen LogP contribution in [0.4, 0.5) is 13.2 Å². The fourth-order valence-corrected chi connectivity index (χ4v) is 3.49. The van der Waals surface area contributed by atoms with Gasteiger partial charge >= 0.3 is 12.1 Å². The zero-order chi connectivity index (χ0) is 26.5. The fourth-order valence-electron chi connectivity index (χ4n) is 3.49. The number of pyridine rings is 1. The maximum absolute atomic E-state index is 12.6. The van der Waals surface area contributed by atoms with Crippen LogP contribution in [-0.2, 0) is 12.8 Å². The molecule has 1 amide bonds. The van der Waals surface area contributed by atoms with Crippen LogP contribution >= 0.6 is 0 Å². The number of alkyl halides is 3. The number of rotatable bonds is 9. The molecule has 1 N–H and O–H groups in total. The zero-order valence-electron chi connectivity index (χ0n) is 19.6. The van der Waals surface area contributed by atoms with Gasteiger partial charge in [-0.25, -0.2) is 0 Å². The highest BCUT2D eigenvalue weighted by atomic mass is 19.4. The molecule has 0 radical (unpaired) electrons. The van der Waals surface area contributed by atoms with Gasteiger partial charge in [0.1, 0.15) is 30.3 Å². The Morgan fingerprint density at radius 3 is 2.61 bits per heavy atom. The summed E-state index contributed by atoms with van der Waals surface area (Å²) in [7, 11) is 0. The largest absolute Gasteiger partial charge is 0.492 e. The van der Waals surface area contributed by atoms with Crippen LogP contribution in [0.15, 0.2) is 82.0 Å². The number of ether oxygens (including phenoxy) is 2. The first-order valence-corrected chi connectivity index (χ1v) is 11.3. The Hall–Kier alpha value is -4.87. The minimum Gasteiger partial charge on any atom is -0.492 e. The van der Waals surface area contributed by atoms with Gasteiger partial charge in [-0.3, -0.25) is 9.78 Å². The lowest BCUT2D eigenvalue weighted by atomic mass is 10.2. The molecule has 5 rings (SSSR count). The Balaban J connectivity index is 1.13. The van der Waals surface area contributed by atoms with Crippen LogP contribution in [0, 0.1) is 0 Å². The third-order valence-corrected chi connectivity index (χ3v) is 5.30. The summed E-state index contributed by atoms with van der Waals surface area (Å²) < 4.78 is 59.2. The van der Waals surface area contributed by atoms with Crippen molar-refractivity contribution in [1.82, 2.24) is 20.4 Å². The number of hydrogen-bond donors (Lipinski definition) is 1. The number of furan rings is 1. The third kappa shape index (κ3) is 5.75. The normalized spacial score (nSPS) is 11.4. The molecular weight excluding hydrogens is 505 g/mol. The molecule has 194 valence electrons. The number of amides is 1. The lowest BCUT2D eigenvalue weighted by Gasteiger charge is -2.07. The topological polar surface area (TPSA) is 113 Å². The molecule has 3 heterocycles. The third-order valence-electron chi connectivity index (χ3n) is 5.30. The monoisotopic (exact) mass is 524 g/mol. The summed E-state index contributed by atoms with van der Waals surface area (Å²) in [4.78, 5) is 20.0. The van der Waals surface area contributed by atoms with Crippen LogP contribution in [-0.4, -0.2) is 34.2 Å². The Labute approximate surface area is 213 Å². The first kappa shape index (κ1) is 24.8. The molecule has 0 aliphatic heterocycles. The van der Waals surface area contributed by atoms with E-state index in [0.29, 0.717) is 34.6 Å². The first-order chi connectivity index (χ1) is 18.4. The van der Waals surface area contributed by atoms with Gasteiger partial charge in [-0.05, 0) is 42.5 Å². The minimum absolute atomic E-state index is 0.125. The standard InChI is InChI=1S/C26H19F3N4O5/c27-26(28,29)25-32-23(33-38-25)17-6-8-18(9-7-17)35-12-11-31-24(34)22-13-19-20(4-1-5-21(19)37-22)36-15-16-3-2-10-30-14-16/h1-10,13-14H,11-12,15H2,(H,31,34). The molecular formula is C26H19F3N4O5. The smallest absolute Gasteiger partial charge is 0.471 e. The van der Waals surface area contributed by atoms with Gasteiger partial charge in [-0.1, -0.05) is 17.3 Å². The van der Waals surface area contributed by atoms with Crippen molar-refractivity contribution in [3.05, 3.63) is 90.3 Å². The molecule has 12 heteroatoms. The Morgan fingerprint density at radius 1 is 1.03 bits per heavy atom. The number of fused-ring (bicyclic) bond motifs is 1. The molecule has 0 fully saturated rings. The van der Waals surface area contributed by atoms with Gasteiger partial charge < -0.3 is 23.7 Å². The Morgan fingerprint density at radius 2 is 1.87 bits per heavy atom. The molecule has 38 heavy (non-hydrogen) atoms. The molecule has 0 atom stereocenters. The van der Waals surface area contributed by atoms with Crippen LogP contribution in [0.5, 0.6) is 11.5 Å². The van der Waals surface area contributed by atoms with Crippen LogP contribution in [0.2, 0.25) is 0 Å². The maximum atomic E-state index is 12.6. The first-order valence-electron chi connectivity index (χ1n) is 11.3. The molecule has 0 saturated heterocycles. The van der Waals surface area contributed by atoms with Crippen LogP contribution in [0.3, 0.4) is 0 Å². The average Bonchev–Trinajstić information content (AvgIpc) is 3.59. The molecule has 2 aromatic carbocycles. The average molecular weight is 524 g/mol. The van der Waals surface area contributed by atoms with Crippen molar-refractivity contribution in [3.63, 3.8) is 0 Å². The molecule has 9 nitrogen and oxygen atoms in total. The van der Waals surface area contributed by atoms with E-state index in [0.717, 1.165) is 5.56 Å². The van der Waals surface area contributed by atoms with Gasteiger partial charge in [0, 0.05) is 29.6 Å². The molecule has 0 bridgehead atoms. The number of carbonyl (C=O) groups excluding carboxylic acids is 1. The number of aromatic nitrogens is 3. The number of halogens is 3. The van der Waals surface area contributed by atoms with E-state index in [-0.39, 0.29) is 24.7 Å². The van der Waals surface area contributed by atoms with Crippen molar-refractivity contribution in [2.45, 2.75) is 12.8 Å². The molecule has 5 aromatic rings. The summed E-state index contributed by atoms with van der Waals surface area (Å²) in [6.07, 6.45) is -1.31. The van der Waals surface area contributed by atoms with Gasteiger partial charge in [0.2, 0.25) is 5.82 Å². The summed E-state index contributed by atoms with van der Waals surface area (Å²) in [5.74, 6) is -0.872. The summed E-state index contributed by atoms with van der Waals surface area (Å²) >= 11 is 0. The lowest BCUT2D eigenvalue weighted by molar-refractivity contribution is -0.159. The van der Waals surface area contributed by atoms with Gasteiger partial charge in [0.15, 0.2) is 5.76 Å². The molecule has 0 saturated carbocycles. The van der Waals surface area contributed by atoms with Gasteiger partial charge in [0.05, 0.1) is 11.9 Å². The van der Waals surface area contributed by atoms with Crippen molar-refractivity contribution in [1.29, 1.82) is 0 Å². The van der Waals surface area contributed by atoms with E-state index < -0.39 is 18.0 Å². The van der Waals surface area contributed by atoms with E-state index in [1.165, 1.54) is 12.1 Å². The molecule has 0 spiro atoms. The lowest BCUT2D eigenvalue weighted by Crippen LogP contribution is -2.27. The number of hydrogen-bond acceptors (Lipinski definition) is 8. The van der Waals surface area contributed by atoms with Crippen LogP contribution in [0.25, 0.3) is 22.4 Å². The fraction of sp³-hybridized carbons (Fsp3) is 0.154. The molecule has 0 unspecified atom stereocenters. The number of nitrogens with one attached hydrogen (secondary N) is 1. The quantitative estimate of drug-likeness (QED) is 0.259. The molecule has 0 aliphatic carbocycles. The van der Waals surface area contributed by atoms with E-state index in [2.05, 4.69) is 25.0 Å². The highest BCUT2D eigenvalue weighted by Gasteiger charge is 2.38. The van der Waals surface area contributed by atoms with Crippen molar-refractivity contribution >= 4 is 16.9 Å². The number of carbonyl (C=O) groups is 1. The van der Waals surface area contributed by atoms with Crippen LogP contribution in [0.1, 0.15) is 22.0 Å². The second-order valence-corrected chi connectivity index (χ2v) is 7.98. The number of nitrogens with zero attached hydrogens (tertiary/aromatic N) is 3. The second-order valence-electron chi connectivity index (χ2n) is 7.98. The SMILES string of the molecule is O=C(NCCOc1ccc(-c2noc(C(F)(F)F)n2)cc1)c1cc2c(OCc3cccnc3)cccc2o1. The maximum Gasteiger partial charge on any atom is 0.471 e. The van der Waals surface area contributed by atoms with Crippen molar-refractivity contribution < 1.29 is 36.4 Å². The van der Waals surface area contributed by atoms with E-state index in [9.17, 15) is 18.0 Å². The van der Waals surface area contributed by atoms with Crippen LogP contribution < -0.4 is 14.8 Å².